The van der Waals surface area contributed by atoms with Gasteiger partial charge in [0.15, 0.2) is 17.3 Å². The maximum atomic E-state index is 14.2. The Morgan fingerprint density at radius 1 is 1.07 bits per heavy atom. The maximum Gasteiger partial charge on any atom is 0.271 e. The molecule has 1 amide bonds. The Kier molecular flexibility index (Phi) is 10.9. The van der Waals surface area contributed by atoms with Gasteiger partial charge in [0, 0.05) is 31.7 Å². The van der Waals surface area contributed by atoms with Crippen molar-refractivity contribution in [2.24, 2.45) is 11.8 Å². The van der Waals surface area contributed by atoms with Crippen LogP contribution < -0.4 is 31.0 Å². The van der Waals surface area contributed by atoms with Crippen LogP contribution >= 0.6 is 0 Å². The van der Waals surface area contributed by atoms with Crippen LogP contribution in [0.15, 0.2) is 40.3 Å². The fourth-order valence-electron chi connectivity index (χ4n) is 6.67. The molecule has 0 atom stereocenters. The van der Waals surface area contributed by atoms with Crippen molar-refractivity contribution >= 4 is 17.4 Å². The summed E-state index contributed by atoms with van der Waals surface area (Å²) in [5.74, 6) is 1.61. The zero-order valence-electron chi connectivity index (χ0n) is 27.2. The number of hydrogen-bond donors (Lipinski definition) is 2. The molecular weight excluding hydrogens is 591 g/mol. The molecule has 1 saturated heterocycles. The van der Waals surface area contributed by atoms with Gasteiger partial charge >= 0.3 is 0 Å². The van der Waals surface area contributed by atoms with E-state index < -0.39 is 16.7 Å². The topological polar surface area (TPSA) is 126 Å². The van der Waals surface area contributed by atoms with E-state index in [-0.39, 0.29) is 35.1 Å². The summed E-state index contributed by atoms with van der Waals surface area (Å²) >= 11 is 0. The van der Waals surface area contributed by atoms with Crippen molar-refractivity contribution < 1.29 is 18.7 Å². The quantitative estimate of drug-likeness (QED) is 0.256. The largest absolute Gasteiger partial charge is 0.491 e. The summed E-state index contributed by atoms with van der Waals surface area (Å²) in [5.41, 5.74) is -0.517. The zero-order valence-corrected chi connectivity index (χ0v) is 27.2. The molecular formula is C34H45FN6O5. The number of anilines is 2. The van der Waals surface area contributed by atoms with E-state index in [4.69, 9.17) is 9.47 Å². The molecule has 2 heterocycles. The maximum absolute atomic E-state index is 14.2. The summed E-state index contributed by atoms with van der Waals surface area (Å²) in [6.07, 6.45) is 9.24. The highest BCUT2D eigenvalue weighted by atomic mass is 19.1. The normalized spacial score (nSPS) is 19.3. The van der Waals surface area contributed by atoms with Crippen molar-refractivity contribution in [2.45, 2.75) is 71.4 Å². The summed E-state index contributed by atoms with van der Waals surface area (Å²) in [6, 6.07) is 4.11. The molecule has 1 aliphatic carbocycles. The second-order valence-electron chi connectivity index (χ2n) is 12.7. The lowest BCUT2D eigenvalue weighted by atomic mass is 9.85. The van der Waals surface area contributed by atoms with E-state index in [2.05, 4.69) is 25.5 Å². The van der Waals surface area contributed by atoms with Crippen LogP contribution in [0.25, 0.3) is 0 Å². The predicted molar refractivity (Wildman–Crippen MR) is 175 cm³/mol. The lowest BCUT2D eigenvalue weighted by Crippen LogP contribution is -2.41. The number of rotatable bonds is 13. The summed E-state index contributed by atoms with van der Waals surface area (Å²) in [4.78, 5) is 49.5. The van der Waals surface area contributed by atoms with Gasteiger partial charge in [-0.25, -0.2) is 14.4 Å². The Labute approximate surface area is 269 Å². The summed E-state index contributed by atoms with van der Waals surface area (Å²) < 4.78 is 25.4. The SMILES string of the molecule is CCN(C(=O)c1cc(F)ccc1Oc1cncnc1NCC1CCN(CC2CCC(Nc3c(OC)c(=O)c3=O)CC2)CC1)C(C)C. The smallest absolute Gasteiger partial charge is 0.271 e. The van der Waals surface area contributed by atoms with E-state index >= 15 is 0 Å². The van der Waals surface area contributed by atoms with Gasteiger partial charge in [0.25, 0.3) is 16.8 Å². The molecule has 5 rings (SSSR count). The highest BCUT2D eigenvalue weighted by Crippen LogP contribution is 2.33. The Bertz CT molecular complexity index is 1560. The predicted octanol–water partition coefficient (Wildman–Crippen LogP) is 4.68. The minimum Gasteiger partial charge on any atom is -0.491 e. The third kappa shape index (κ3) is 7.66. The van der Waals surface area contributed by atoms with E-state index in [0.29, 0.717) is 35.6 Å². The van der Waals surface area contributed by atoms with Gasteiger partial charge in [-0.1, -0.05) is 0 Å². The lowest BCUT2D eigenvalue weighted by Gasteiger charge is -2.37. The minimum absolute atomic E-state index is 0.0449. The van der Waals surface area contributed by atoms with Gasteiger partial charge in [0.2, 0.25) is 0 Å². The number of nitrogens with one attached hydrogen (secondary N) is 2. The number of aromatic nitrogens is 2. The number of methoxy groups -OCH3 is 1. The fraction of sp³-hybridized carbons (Fsp3) is 0.559. The molecule has 0 spiro atoms. The Morgan fingerprint density at radius 3 is 2.48 bits per heavy atom. The van der Waals surface area contributed by atoms with Crippen LogP contribution in [0, 0.1) is 17.7 Å². The van der Waals surface area contributed by atoms with Crippen LogP contribution in [0.3, 0.4) is 0 Å². The summed E-state index contributed by atoms with van der Waals surface area (Å²) in [5, 5.41) is 6.67. The molecule has 3 aromatic rings. The van der Waals surface area contributed by atoms with Gasteiger partial charge < -0.3 is 29.9 Å². The molecule has 12 heteroatoms. The molecule has 2 aromatic carbocycles. The van der Waals surface area contributed by atoms with Gasteiger partial charge in [-0.15, -0.1) is 0 Å². The molecule has 248 valence electrons. The van der Waals surface area contributed by atoms with Gasteiger partial charge in [-0.3, -0.25) is 14.4 Å². The number of amides is 1. The Morgan fingerprint density at radius 2 is 1.80 bits per heavy atom. The molecule has 2 fully saturated rings. The molecule has 0 radical (unpaired) electrons. The zero-order chi connectivity index (χ0) is 32.8. The first-order valence-electron chi connectivity index (χ1n) is 16.4. The monoisotopic (exact) mass is 636 g/mol. The highest BCUT2D eigenvalue weighted by Gasteiger charge is 2.29. The average molecular weight is 637 g/mol. The third-order valence-electron chi connectivity index (χ3n) is 9.34. The molecule has 2 aliphatic rings. The van der Waals surface area contributed by atoms with Crippen LogP contribution in [-0.2, 0) is 0 Å². The number of hydrogen-bond acceptors (Lipinski definition) is 10. The molecule has 11 nitrogen and oxygen atoms in total. The summed E-state index contributed by atoms with van der Waals surface area (Å²) in [7, 11) is 1.42. The van der Waals surface area contributed by atoms with Gasteiger partial charge in [-0.05, 0) is 102 Å². The minimum atomic E-state index is -0.541. The van der Waals surface area contributed by atoms with E-state index in [9.17, 15) is 18.8 Å². The van der Waals surface area contributed by atoms with Crippen LogP contribution in [0.1, 0.15) is 69.7 Å². The molecule has 1 saturated carbocycles. The second-order valence-corrected chi connectivity index (χ2v) is 12.7. The number of halogens is 1. The fourth-order valence-corrected chi connectivity index (χ4v) is 6.67. The van der Waals surface area contributed by atoms with Crippen molar-refractivity contribution in [2.75, 3.05) is 50.5 Å². The number of piperidine rings is 1. The number of benzene rings is 1. The van der Waals surface area contributed by atoms with E-state index in [1.54, 1.807) is 11.1 Å². The molecule has 46 heavy (non-hydrogen) atoms. The van der Waals surface area contributed by atoms with Crippen LogP contribution in [0.5, 0.6) is 17.2 Å². The molecule has 1 aliphatic heterocycles. The Balaban J connectivity index is 1.09. The Hall–Kier alpha value is -4.06. The third-order valence-corrected chi connectivity index (χ3v) is 9.34. The van der Waals surface area contributed by atoms with Crippen LogP contribution in [0.2, 0.25) is 0 Å². The van der Waals surface area contributed by atoms with E-state index in [1.807, 2.05) is 20.8 Å². The number of likely N-dealkylation sites (tertiary alicyclic amines) is 1. The number of nitrogens with zero attached hydrogens (tertiary/aromatic N) is 4. The molecule has 0 unspecified atom stereocenters. The first-order valence-corrected chi connectivity index (χ1v) is 16.4. The first kappa shape index (κ1) is 33.3. The van der Waals surface area contributed by atoms with Crippen LogP contribution in [0.4, 0.5) is 15.9 Å². The second kappa shape index (κ2) is 15.0. The van der Waals surface area contributed by atoms with Crippen LogP contribution in [-0.4, -0.2) is 77.6 Å². The molecule has 0 bridgehead atoms. The van der Waals surface area contributed by atoms with E-state index in [0.717, 1.165) is 64.7 Å². The van der Waals surface area contributed by atoms with E-state index in [1.165, 1.54) is 31.6 Å². The van der Waals surface area contributed by atoms with Crippen molar-refractivity contribution in [3.05, 3.63) is 62.6 Å². The van der Waals surface area contributed by atoms with Gasteiger partial charge in [0.05, 0.1) is 18.9 Å². The first-order chi connectivity index (χ1) is 22.2. The van der Waals surface area contributed by atoms with Crippen molar-refractivity contribution in [3.8, 4) is 17.2 Å². The number of carbonyl (C=O) groups is 1. The van der Waals surface area contributed by atoms with Crippen molar-refractivity contribution in [1.29, 1.82) is 0 Å². The average Bonchev–Trinajstić information content (AvgIpc) is 3.06. The number of ether oxygens (including phenoxy) is 2. The lowest BCUT2D eigenvalue weighted by molar-refractivity contribution is 0.0713. The summed E-state index contributed by atoms with van der Waals surface area (Å²) in [6.45, 7) is 10.1. The molecule has 1 aromatic heterocycles. The number of carbonyl (C=O) groups excluding carboxylic acids is 1. The van der Waals surface area contributed by atoms with Gasteiger partial charge in [-0.2, -0.15) is 0 Å². The van der Waals surface area contributed by atoms with Crippen molar-refractivity contribution in [3.63, 3.8) is 0 Å². The van der Waals surface area contributed by atoms with Gasteiger partial charge in [0.1, 0.15) is 23.6 Å². The van der Waals surface area contributed by atoms with Crippen molar-refractivity contribution in [1.82, 2.24) is 19.8 Å². The molecule has 2 N–H and O–H groups in total. The standard InChI is InChI=1S/C34H45FN6O5/c1-5-41(21(2)3)34(44)26-16-24(35)8-11-27(26)46-28-18-36-20-38-33(28)37-17-22-12-14-40(15-13-22)19-23-6-9-25(10-7-23)39-29-30(42)31(43)32(29)45-4/h8,11,16,18,20-23,25,39H,5-7,9-10,12-15,17,19H2,1-4H3,(H,36,37,38). The highest BCUT2D eigenvalue weighted by molar-refractivity contribution is 5.97.